The van der Waals surface area contributed by atoms with Crippen molar-refractivity contribution >= 4 is 22.7 Å². The molecule has 2 aromatic carbocycles. The monoisotopic (exact) mass is 349 g/mol. The highest BCUT2D eigenvalue weighted by atomic mass is 16.5. The quantitative estimate of drug-likeness (QED) is 0.712. The fourth-order valence-corrected chi connectivity index (χ4v) is 2.66. The number of hydrogen-bond donors (Lipinski definition) is 2. The van der Waals surface area contributed by atoms with Crippen molar-refractivity contribution in [2.45, 2.75) is 12.5 Å². The van der Waals surface area contributed by atoms with E-state index >= 15 is 0 Å². The molecule has 0 aliphatic heterocycles. The van der Waals surface area contributed by atoms with Crippen molar-refractivity contribution in [3.8, 4) is 5.75 Å². The summed E-state index contributed by atoms with van der Waals surface area (Å²) in [6.45, 7) is 0. The third-order valence-corrected chi connectivity index (χ3v) is 4.10. The zero-order chi connectivity index (χ0) is 18.5. The van der Waals surface area contributed by atoms with Crippen LogP contribution in [-0.2, 0) is 11.2 Å². The molecular formula is C20H19N3O3. The van der Waals surface area contributed by atoms with Crippen molar-refractivity contribution in [2.24, 2.45) is 5.73 Å². The first-order valence-corrected chi connectivity index (χ1v) is 8.14. The molecule has 0 aliphatic rings. The van der Waals surface area contributed by atoms with Gasteiger partial charge in [-0.15, -0.1) is 0 Å². The van der Waals surface area contributed by atoms with Crippen molar-refractivity contribution in [1.82, 2.24) is 10.3 Å². The third-order valence-electron chi connectivity index (χ3n) is 4.10. The summed E-state index contributed by atoms with van der Waals surface area (Å²) in [6.07, 6.45) is 1.79. The summed E-state index contributed by atoms with van der Waals surface area (Å²) in [5.41, 5.74) is 7.51. The summed E-state index contributed by atoms with van der Waals surface area (Å²) in [7, 11) is 1.58. The van der Waals surface area contributed by atoms with E-state index < -0.39 is 11.9 Å². The molecule has 1 heterocycles. The smallest absolute Gasteiger partial charge is 0.253 e. The number of methoxy groups -OCH3 is 1. The number of benzene rings is 2. The number of fused-ring (bicyclic) bond motifs is 1. The molecule has 0 bridgehead atoms. The van der Waals surface area contributed by atoms with E-state index in [0.29, 0.717) is 12.0 Å². The van der Waals surface area contributed by atoms with Gasteiger partial charge >= 0.3 is 0 Å². The summed E-state index contributed by atoms with van der Waals surface area (Å²) in [6, 6.07) is 15.7. The van der Waals surface area contributed by atoms with Gasteiger partial charge in [0, 0.05) is 18.0 Å². The lowest BCUT2D eigenvalue weighted by atomic mass is 10.0. The zero-order valence-electron chi connectivity index (χ0n) is 14.3. The van der Waals surface area contributed by atoms with Crippen LogP contribution in [0.3, 0.4) is 0 Å². The van der Waals surface area contributed by atoms with Crippen molar-refractivity contribution in [3.05, 3.63) is 71.9 Å². The summed E-state index contributed by atoms with van der Waals surface area (Å²) >= 11 is 0. The molecule has 1 atom stereocenters. The van der Waals surface area contributed by atoms with Gasteiger partial charge in [-0.2, -0.15) is 0 Å². The number of nitrogens with two attached hydrogens (primary N) is 1. The summed E-state index contributed by atoms with van der Waals surface area (Å²) < 4.78 is 5.11. The number of nitrogens with zero attached hydrogens (tertiary/aromatic N) is 1. The van der Waals surface area contributed by atoms with Gasteiger partial charge in [0.25, 0.3) is 5.91 Å². The number of primary amides is 1. The molecule has 6 nitrogen and oxygen atoms in total. The number of para-hydroxylation sites is 1. The molecule has 6 heteroatoms. The Morgan fingerprint density at radius 3 is 2.58 bits per heavy atom. The molecule has 0 saturated carbocycles. The summed E-state index contributed by atoms with van der Waals surface area (Å²) in [5.74, 6) is -0.265. The highest BCUT2D eigenvalue weighted by Gasteiger charge is 2.20. The minimum absolute atomic E-state index is 0.298. The number of nitrogens with one attached hydrogen (secondary N) is 1. The largest absolute Gasteiger partial charge is 0.497 e. The number of aromatic nitrogens is 1. The van der Waals surface area contributed by atoms with Crippen molar-refractivity contribution in [1.29, 1.82) is 0 Å². The number of pyridine rings is 1. The van der Waals surface area contributed by atoms with E-state index in [-0.39, 0.29) is 5.91 Å². The zero-order valence-corrected chi connectivity index (χ0v) is 14.3. The van der Waals surface area contributed by atoms with E-state index in [0.717, 1.165) is 22.2 Å². The van der Waals surface area contributed by atoms with E-state index in [1.54, 1.807) is 25.3 Å². The lowest BCUT2D eigenvalue weighted by Crippen LogP contribution is -2.45. The highest BCUT2D eigenvalue weighted by Crippen LogP contribution is 2.14. The van der Waals surface area contributed by atoms with Crippen molar-refractivity contribution < 1.29 is 14.3 Å². The van der Waals surface area contributed by atoms with Crippen molar-refractivity contribution in [3.63, 3.8) is 0 Å². The Morgan fingerprint density at radius 2 is 1.88 bits per heavy atom. The number of hydrogen-bond acceptors (Lipinski definition) is 4. The average molecular weight is 349 g/mol. The lowest BCUT2D eigenvalue weighted by Gasteiger charge is -2.16. The van der Waals surface area contributed by atoms with Gasteiger partial charge in [-0.05, 0) is 29.8 Å². The number of ether oxygens (including phenoxy) is 1. The molecule has 132 valence electrons. The van der Waals surface area contributed by atoms with Crippen LogP contribution in [0.15, 0.2) is 60.8 Å². The van der Waals surface area contributed by atoms with Crippen molar-refractivity contribution in [2.75, 3.05) is 7.11 Å². The van der Waals surface area contributed by atoms with Crippen LogP contribution < -0.4 is 15.8 Å². The number of carbonyl (C=O) groups is 2. The maximum Gasteiger partial charge on any atom is 0.253 e. The number of amides is 2. The van der Waals surface area contributed by atoms with Crippen LogP contribution in [0.4, 0.5) is 0 Å². The highest BCUT2D eigenvalue weighted by molar-refractivity contribution is 5.99. The van der Waals surface area contributed by atoms with Crippen LogP contribution in [0, 0.1) is 0 Å². The number of carbonyl (C=O) groups excluding carboxylic acids is 2. The van der Waals surface area contributed by atoms with Crippen LogP contribution in [0.25, 0.3) is 10.9 Å². The van der Waals surface area contributed by atoms with Crippen LogP contribution >= 0.6 is 0 Å². The maximum atomic E-state index is 12.5. The van der Waals surface area contributed by atoms with Crippen LogP contribution in [0.2, 0.25) is 0 Å². The first kappa shape index (κ1) is 17.4. The molecule has 0 unspecified atom stereocenters. The Morgan fingerprint density at radius 1 is 1.15 bits per heavy atom. The Labute approximate surface area is 151 Å². The molecule has 0 saturated heterocycles. The van der Waals surface area contributed by atoms with E-state index in [2.05, 4.69) is 10.3 Å². The first-order chi connectivity index (χ1) is 12.6. The Kier molecular flexibility index (Phi) is 5.12. The summed E-state index contributed by atoms with van der Waals surface area (Å²) in [4.78, 5) is 28.6. The molecule has 3 rings (SSSR count). The minimum atomic E-state index is -0.817. The molecule has 0 spiro atoms. The molecule has 2 amide bonds. The molecule has 0 fully saturated rings. The first-order valence-electron chi connectivity index (χ1n) is 8.14. The average Bonchev–Trinajstić information content (AvgIpc) is 2.67. The van der Waals surface area contributed by atoms with Crippen LogP contribution in [-0.4, -0.2) is 29.9 Å². The van der Waals surface area contributed by atoms with Gasteiger partial charge in [-0.25, -0.2) is 0 Å². The molecule has 26 heavy (non-hydrogen) atoms. The van der Waals surface area contributed by atoms with Gasteiger partial charge in [0.05, 0.1) is 18.2 Å². The van der Waals surface area contributed by atoms with Gasteiger partial charge in [0.2, 0.25) is 5.91 Å². The topological polar surface area (TPSA) is 94.3 Å². The number of rotatable bonds is 6. The molecule has 1 aromatic heterocycles. The van der Waals surface area contributed by atoms with E-state index in [1.807, 2.05) is 36.4 Å². The lowest BCUT2D eigenvalue weighted by molar-refractivity contribution is -0.119. The van der Waals surface area contributed by atoms with Gasteiger partial charge in [0.1, 0.15) is 11.8 Å². The van der Waals surface area contributed by atoms with Gasteiger partial charge in [0.15, 0.2) is 0 Å². The normalized spacial score (nSPS) is 11.7. The minimum Gasteiger partial charge on any atom is -0.497 e. The van der Waals surface area contributed by atoms with Crippen LogP contribution in [0.5, 0.6) is 5.75 Å². The second kappa shape index (κ2) is 7.65. The molecule has 0 radical (unpaired) electrons. The third kappa shape index (κ3) is 3.97. The Bertz CT molecular complexity index is 938. The maximum absolute atomic E-state index is 12.5. The van der Waals surface area contributed by atoms with E-state index in [4.69, 9.17) is 10.5 Å². The fourth-order valence-electron chi connectivity index (χ4n) is 2.66. The standard InChI is InChI=1S/C20H19N3O3/c1-26-16-8-6-13(7-9-16)10-18(19(21)24)23-20(25)15-11-14-4-2-3-5-17(14)22-12-15/h2-9,11-12,18H,10H2,1H3,(H2,21,24)(H,23,25)/t18-/m1/s1. The van der Waals surface area contributed by atoms with Gasteiger partial charge < -0.3 is 15.8 Å². The Balaban J connectivity index is 1.75. The van der Waals surface area contributed by atoms with E-state index in [9.17, 15) is 9.59 Å². The molecule has 3 N–H and O–H groups in total. The Hall–Kier alpha value is -3.41. The van der Waals surface area contributed by atoms with Crippen LogP contribution in [0.1, 0.15) is 15.9 Å². The second-order valence-electron chi connectivity index (χ2n) is 5.90. The molecule has 0 aliphatic carbocycles. The predicted octanol–water partition coefficient (Wildman–Crippen LogP) is 2.07. The summed E-state index contributed by atoms with van der Waals surface area (Å²) in [5, 5.41) is 3.54. The van der Waals surface area contributed by atoms with Gasteiger partial charge in [-0.1, -0.05) is 30.3 Å². The van der Waals surface area contributed by atoms with E-state index in [1.165, 1.54) is 6.20 Å². The molecule has 3 aromatic rings. The molecular weight excluding hydrogens is 330 g/mol. The second-order valence-corrected chi connectivity index (χ2v) is 5.90. The van der Waals surface area contributed by atoms with Gasteiger partial charge in [-0.3, -0.25) is 14.6 Å². The fraction of sp³-hybridized carbons (Fsp3) is 0.150. The predicted molar refractivity (Wildman–Crippen MR) is 98.9 cm³/mol. The SMILES string of the molecule is COc1ccc(C[C@@H](NC(=O)c2cnc3ccccc3c2)C(N)=O)cc1.